The summed E-state index contributed by atoms with van der Waals surface area (Å²) in [6.07, 6.45) is 2.21. The molecule has 0 aliphatic carbocycles. The van der Waals surface area contributed by atoms with E-state index in [1.54, 1.807) is 7.11 Å². The third-order valence-corrected chi connectivity index (χ3v) is 9.69. The van der Waals surface area contributed by atoms with Crippen LogP contribution in [0.5, 0.6) is 5.75 Å². The van der Waals surface area contributed by atoms with E-state index < -0.39 is 10.0 Å². The first-order chi connectivity index (χ1) is 12.4. The molecule has 6 heteroatoms. The fraction of sp³-hybridized carbons (Fsp3) is 0.100. The second-order valence-corrected chi connectivity index (χ2v) is 10.9. The summed E-state index contributed by atoms with van der Waals surface area (Å²) < 4.78 is 5.30. The van der Waals surface area contributed by atoms with E-state index in [4.69, 9.17) is 51.1 Å². The van der Waals surface area contributed by atoms with Crippen LogP contribution in [-0.4, -0.2) is 13.4 Å². The fourth-order valence-corrected chi connectivity index (χ4v) is 8.73. The molecule has 0 fully saturated rings. The van der Waals surface area contributed by atoms with Gasteiger partial charge in [-0.25, -0.2) is 0 Å². The minimum atomic E-state index is -1.66. The number of rotatable bonds is 2. The van der Waals surface area contributed by atoms with Gasteiger partial charge < -0.3 is 4.74 Å². The summed E-state index contributed by atoms with van der Waals surface area (Å²) in [5.41, 5.74) is 2.16. The van der Waals surface area contributed by atoms with E-state index in [2.05, 4.69) is 18.4 Å². The van der Waals surface area contributed by atoms with E-state index in [9.17, 15) is 0 Å². The van der Waals surface area contributed by atoms with Crippen molar-refractivity contribution in [1.82, 2.24) is 0 Å². The zero-order chi connectivity index (χ0) is 18.6. The predicted octanol–water partition coefficient (Wildman–Crippen LogP) is 8.20. The number of halogens is 4. The van der Waals surface area contributed by atoms with Crippen LogP contribution in [0.2, 0.25) is 20.1 Å². The number of fused-ring (bicyclic) bond motifs is 3. The minimum absolute atomic E-state index is 0.593. The van der Waals surface area contributed by atoms with E-state index >= 15 is 0 Å². The van der Waals surface area contributed by atoms with Crippen molar-refractivity contribution in [2.24, 2.45) is 0 Å². The molecule has 0 bridgehead atoms. The Hall–Kier alpha value is -1.03. The van der Waals surface area contributed by atoms with Gasteiger partial charge in [0.1, 0.15) is 5.75 Å². The molecule has 1 aliphatic heterocycles. The summed E-state index contributed by atoms with van der Waals surface area (Å²) in [5, 5.41) is 2.56. The van der Waals surface area contributed by atoms with Gasteiger partial charge in [-0.15, -0.1) is 0 Å². The highest BCUT2D eigenvalue weighted by Crippen LogP contribution is 2.76. The predicted molar refractivity (Wildman–Crippen MR) is 113 cm³/mol. The highest BCUT2D eigenvalue weighted by atomic mass is 35.5. The topological polar surface area (TPSA) is 9.23 Å². The maximum atomic E-state index is 6.68. The van der Waals surface area contributed by atoms with Crippen molar-refractivity contribution in [2.75, 3.05) is 13.4 Å². The van der Waals surface area contributed by atoms with E-state index in [0.717, 1.165) is 16.0 Å². The van der Waals surface area contributed by atoms with Gasteiger partial charge in [-0.1, -0.05) is 46.4 Å². The van der Waals surface area contributed by atoms with Crippen molar-refractivity contribution in [3.63, 3.8) is 0 Å². The Kier molecular flexibility index (Phi) is 4.61. The van der Waals surface area contributed by atoms with Crippen molar-refractivity contribution < 1.29 is 4.74 Å². The molecule has 26 heavy (non-hydrogen) atoms. The van der Waals surface area contributed by atoms with E-state index in [1.165, 1.54) is 9.79 Å². The quantitative estimate of drug-likeness (QED) is 0.387. The molecule has 0 atom stereocenters. The summed E-state index contributed by atoms with van der Waals surface area (Å²) in [6, 6.07) is 15.5. The first kappa shape index (κ1) is 18.3. The molecule has 0 amide bonds. The largest absolute Gasteiger partial charge is 0.497 e. The van der Waals surface area contributed by atoms with Crippen LogP contribution >= 0.6 is 56.4 Å². The number of benzene rings is 3. The fourth-order valence-electron chi connectivity index (χ4n) is 3.52. The Bertz CT molecular complexity index is 973. The zero-order valence-electron chi connectivity index (χ0n) is 13.9. The van der Waals surface area contributed by atoms with Gasteiger partial charge in [-0.2, -0.15) is 10.0 Å². The number of ether oxygens (including phenoxy) is 1. The molecule has 0 saturated heterocycles. The van der Waals surface area contributed by atoms with E-state index in [-0.39, 0.29) is 0 Å². The SMILES string of the molecule is COc1cc(Cl)c(S2(C)c3ccc(Cl)cc3-c3cc(Cl)ccc32)c(Cl)c1. The lowest BCUT2D eigenvalue weighted by Crippen LogP contribution is -2.00. The Morgan fingerprint density at radius 1 is 0.731 bits per heavy atom. The third kappa shape index (κ3) is 2.63. The van der Waals surface area contributed by atoms with Crippen LogP contribution in [0.4, 0.5) is 0 Å². The Morgan fingerprint density at radius 3 is 1.62 bits per heavy atom. The lowest BCUT2D eigenvalue weighted by molar-refractivity contribution is 0.414. The van der Waals surface area contributed by atoms with Crippen LogP contribution in [0.3, 0.4) is 0 Å². The Labute approximate surface area is 174 Å². The maximum absolute atomic E-state index is 6.68. The molecule has 0 aromatic heterocycles. The molecule has 1 heterocycles. The lowest BCUT2D eigenvalue weighted by atomic mass is 10.1. The first-order valence-electron chi connectivity index (χ1n) is 7.77. The summed E-state index contributed by atoms with van der Waals surface area (Å²) in [4.78, 5) is 3.27. The van der Waals surface area contributed by atoms with Gasteiger partial charge in [0.25, 0.3) is 0 Å². The van der Waals surface area contributed by atoms with Crippen molar-refractivity contribution in [2.45, 2.75) is 14.7 Å². The average molecular weight is 444 g/mol. The summed E-state index contributed by atoms with van der Waals surface area (Å²) in [5.74, 6) is 0.636. The summed E-state index contributed by atoms with van der Waals surface area (Å²) >= 11 is 25.9. The van der Waals surface area contributed by atoms with Gasteiger partial charge in [0.2, 0.25) is 0 Å². The summed E-state index contributed by atoms with van der Waals surface area (Å²) in [6.45, 7) is 0. The van der Waals surface area contributed by atoms with Crippen molar-refractivity contribution in [1.29, 1.82) is 0 Å². The molecule has 1 aliphatic rings. The number of hydrogen-bond donors (Lipinski definition) is 0. The van der Waals surface area contributed by atoms with Crippen LogP contribution in [-0.2, 0) is 0 Å². The highest BCUT2D eigenvalue weighted by Gasteiger charge is 2.39. The smallest absolute Gasteiger partial charge is 0.121 e. The molecule has 0 N–H and O–H groups in total. The zero-order valence-corrected chi connectivity index (χ0v) is 17.8. The molecular weight excluding hydrogens is 430 g/mol. The van der Waals surface area contributed by atoms with Crippen molar-refractivity contribution >= 4 is 56.4 Å². The molecule has 1 nitrogen and oxygen atoms in total. The third-order valence-electron chi connectivity index (χ3n) is 4.67. The monoisotopic (exact) mass is 442 g/mol. The molecule has 0 radical (unpaired) electrons. The van der Waals surface area contributed by atoms with Crippen LogP contribution in [0.25, 0.3) is 11.1 Å². The molecule has 134 valence electrons. The molecule has 4 rings (SSSR count). The Morgan fingerprint density at radius 2 is 1.19 bits per heavy atom. The standard InChI is InChI=1S/C20H14Cl4OS/c1-25-13-9-16(23)20(17(24)10-13)26(2)18-5-3-11(21)7-14(18)15-8-12(22)4-6-19(15)26/h3-10H,1-2H3. The van der Waals surface area contributed by atoms with Gasteiger partial charge in [0.15, 0.2) is 0 Å². The van der Waals surface area contributed by atoms with Crippen LogP contribution in [0.15, 0.2) is 63.2 Å². The Balaban J connectivity index is 2.10. The molecule has 3 aromatic carbocycles. The van der Waals surface area contributed by atoms with Gasteiger partial charge in [-0.05, 0) is 65.9 Å². The molecule has 0 unspecified atom stereocenters. The van der Waals surface area contributed by atoms with Crippen molar-refractivity contribution in [3.8, 4) is 16.9 Å². The van der Waals surface area contributed by atoms with Gasteiger partial charge >= 0.3 is 0 Å². The van der Waals surface area contributed by atoms with Crippen molar-refractivity contribution in [3.05, 3.63) is 68.6 Å². The minimum Gasteiger partial charge on any atom is -0.497 e. The molecular formula is C20H14Cl4OS. The van der Waals surface area contributed by atoms with Crippen LogP contribution < -0.4 is 4.74 Å². The van der Waals surface area contributed by atoms with Gasteiger partial charge in [0, 0.05) is 24.7 Å². The number of hydrogen-bond acceptors (Lipinski definition) is 1. The second kappa shape index (κ2) is 6.54. The number of methoxy groups -OCH3 is 1. The normalized spacial score (nSPS) is 15.3. The highest BCUT2D eigenvalue weighted by molar-refractivity contribution is 8.33. The average Bonchev–Trinajstić information content (AvgIpc) is 2.82. The molecule has 3 aromatic rings. The second-order valence-electron chi connectivity index (χ2n) is 6.12. The van der Waals surface area contributed by atoms with Crippen LogP contribution in [0, 0.1) is 0 Å². The van der Waals surface area contributed by atoms with Gasteiger partial charge in [-0.3, -0.25) is 0 Å². The first-order valence-corrected chi connectivity index (χ1v) is 11.3. The summed E-state index contributed by atoms with van der Waals surface area (Å²) in [7, 11) is -0.0600. The van der Waals surface area contributed by atoms with E-state index in [1.807, 2.05) is 36.4 Å². The van der Waals surface area contributed by atoms with Gasteiger partial charge in [0.05, 0.1) is 17.2 Å². The lowest BCUT2D eigenvalue weighted by Gasteiger charge is -2.36. The van der Waals surface area contributed by atoms with E-state index in [0.29, 0.717) is 25.8 Å². The van der Waals surface area contributed by atoms with Crippen LogP contribution in [0.1, 0.15) is 0 Å². The maximum Gasteiger partial charge on any atom is 0.121 e. The molecule has 0 spiro atoms. The molecule has 0 saturated carbocycles.